The van der Waals surface area contributed by atoms with E-state index in [1.807, 2.05) is 0 Å². The van der Waals surface area contributed by atoms with Crippen molar-refractivity contribution in [3.8, 4) is 0 Å². The van der Waals surface area contributed by atoms with Gasteiger partial charge in [-0.3, -0.25) is 0 Å². The van der Waals surface area contributed by atoms with Gasteiger partial charge < -0.3 is 28.8 Å². The fourth-order valence-corrected chi connectivity index (χ4v) is 1.09. The number of hydrogen-bond acceptors (Lipinski definition) is 7. The molecule has 20 heavy (non-hydrogen) atoms. The van der Waals surface area contributed by atoms with Crippen LogP contribution in [-0.4, -0.2) is 77.1 Å². The predicted octanol–water partition coefficient (Wildman–Crippen LogP) is -0.227. The number of rotatable bonds is 14. The lowest BCUT2D eigenvalue weighted by molar-refractivity contribution is -0.142. The van der Waals surface area contributed by atoms with Crippen LogP contribution in [0.4, 0.5) is 0 Å². The minimum absolute atomic E-state index is 0.0815. The second kappa shape index (κ2) is 14.4. The SMILES string of the molecule is C=CC(=O)OCC(O)COCCOCCOCCOC. The molecule has 0 heterocycles. The zero-order valence-corrected chi connectivity index (χ0v) is 11.9. The van der Waals surface area contributed by atoms with Crippen molar-refractivity contribution < 1.29 is 33.6 Å². The smallest absolute Gasteiger partial charge is 0.330 e. The zero-order valence-electron chi connectivity index (χ0n) is 11.9. The minimum atomic E-state index is -0.851. The van der Waals surface area contributed by atoms with E-state index in [0.717, 1.165) is 6.08 Å². The van der Waals surface area contributed by atoms with Crippen molar-refractivity contribution in [2.45, 2.75) is 6.10 Å². The summed E-state index contributed by atoms with van der Waals surface area (Å²) in [5.41, 5.74) is 0. The van der Waals surface area contributed by atoms with Crippen molar-refractivity contribution in [2.24, 2.45) is 0 Å². The summed E-state index contributed by atoms with van der Waals surface area (Å²) in [4.78, 5) is 10.7. The average molecular weight is 292 g/mol. The molecule has 0 bridgehead atoms. The monoisotopic (exact) mass is 292 g/mol. The van der Waals surface area contributed by atoms with Gasteiger partial charge in [0, 0.05) is 13.2 Å². The molecule has 0 saturated heterocycles. The van der Waals surface area contributed by atoms with Gasteiger partial charge in [-0.05, 0) is 0 Å². The van der Waals surface area contributed by atoms with E-state index in [1.54, 1.807) is 7.11 Å². The number of ether oxygens (including phenoxy) is 5. The van der Waals surface area contributed by atoms with E-state index in [-0.39, 0.29) is 13.2 Å². The van der Waals surface area contributed by atoms with Gasteiger partial charge in [-0.2, -0.15) is 0 Å². The first-order valence-corrected chi connectivity index (χ1v) is 6.40. The number of esters is 1. The van der Waals surface area contributed by atoms with Gasteiger partial charge in [0.05, 0.1) is 46.2 Å². The lowest BCUT2D eigenvalue weighted by Gasteiger charge is -2.11. The summed E-state index contributed by atoms with van der Waals surface area (Å²) < 4.78 is 25.1. The van der Waals surface area contributed by atoms with Crippen molar-refractivity contribution in [2.75, 3.05) is 60.0 Å². The van der Waals surface area contributed by atoms with Crippen LogP contribution in [0.25, 0.3) is 0 Å². The van der Waals surface area contributed by atoms with Crippen LogP contribution in [0.5, 0.6) is 0 Å². The van der Waals surface area contributed by atoms with Crippen LogP contribution in [0.15, 0.2) is 12.7 Å². The molecule has 7 heteroatoms. The third kappa shape index (κ3) is 13.4. The van der Waals surface area contributed by atoms with Crippen molar-refractivity contribution in [1.29, 1.82) is 0 Å². The number of carbonyl (C=O) groups excluding carboxylic acids is 1. The minimum Gasteiger partial charge on any atom is -0.460 e. The summed E-state index contributed by atoms with van der Waals surface area (Å²) >= 11 is 0. The molecular formula is C13H24O7. The fraction of sp³-hybridized carbons (Fsp3) is 0.769. The van der Waals surface area contributed by atoms with Gasteiger partial charge in [0.1, 0.15) is 12.7 Å². The molecule has 7 nitrogen and oxygen atoms in total. The summed E-state index contributed by atoms with van der Waals surface area (Å²) in [6.45, 7) is 6.07. The predicted molar refractivity (Wildman–Crippen MR) is 71.5 cm³/mol. The second-order valence-electron chi connectivity index (χ2n) is 3.78. The summed E-state index contributed by atoms with van der Waals surface area (Å²) in [5, 5.41) is 9.41. The van der Waals surface area contributed by atoms with Gasteiger partial charge >= 0.3 is 5.97 Å². The maximum atomic E-state index is 10.7. The Morgan fingerprint density at radius 2 is 1.60 bits per heavy atom. The first-order valence-electron chi connectivity index (χ1n) is 6.40. The van der Waals surface area contributed by atoms with Crippen molar-refractivity contribution in [1.82, 2.24) is 0 Å². The van der Waals surface area contributed by atoms with E-state index in [0.29, 0.717) is 39.6 Å². The summed E-state index contributed by atoms with van der Waals surface area (Å²) in [5.74, 6) is -0.569. The van der Waals surface area contributed by atoms with Gasteiger partial charge in [0.25, 0.3) is 0 Å². The quantitative estimate of drug-likeness (QED) is 0.269. The Kier molecular flexibility index (Phi) is 13.7. The van der Waals surface area contributed by atoms with Crippen molar-refractivity contribution >= 4 is 5.97 Å². The average Bonchev–Trinajstić information content (AvgIpc) is 2.46. The summed E-state index contributed by atoms with van der Waals surface area (Å²) in [6, 6.07) is 0. The lowest BCUT2D eigenvalue weighted by atomic mass is 10.4. The van der Waals surface area contributed by atoms with Gasteiger partial charge in [0.2, 0.25) is 0 Å². The van der Waals surface area contributed by atoms with Crippen molar-refractivity contribution in [3.05, 3.63) is 12.7 Å². The molecule has 0 aliphatic heterocycles. The zero-order chi connectivity index (χ0) is 15.1. The number of methoxy groups -OCH3 is 1. The highest BCUT2D eigenvalue weighted by atomic mass is 16.6. The molecule has 118 valence electrons. The molecule has 0 aromatic carbocycles. The first kappa shape index (κ1) is 19.0. The Morgan fingerprint density at radius 3 is 2.15 bits per heavy atom. The molecular weight excluding hydrogens is 268 g/mol. The third-order valence-electron chi connectivity index (χ3n) is 2.07. The lowest BCUT2D eigenvalue weighted by Crippen LogP contribution is -2.24. The van der Waals surface area contributed by atoms with Crippen LogP contribution < -0.4 is 0 Å². The molecule has 0 fully saturated rings. The molecule has 0 radical (unpaired) electrons. The third-order valence-corrected chi connectivity index (χ3v) is 2.07. The molecule has 0 saturated carbocycles. The van der Waals surface area contributed by atoms with Gasteiger partial charge in [0.15, 0.2) is 0 Å². The number of hydrogen-bond donors (Lipinski definition) is 1. The molecule has 1 unspecified atom stereocenters. The molecule has 0 aliphatic carbocycles. The molecule has 0 amide bonds. The summed E-state index contributed by atoms with van der Waals surface area (Å²) in [7, 11) is 1.62. The highest BCUT2D eigenvalue weighted by molar-refractivity contribution is 5.81. The van der Waals surface area contributed by atoms with Crippen LogP contribution in [0.3, 0.4) is 0 Å². The van der Waals surface area contributed by atoms with Crippen LogP contribution >= 0.6 is 0 Å². The highest BCUT2D eigenvalue weighted by Crippen LogP contribution is 1.90. The molecule has 0 aromatic rings. The molecule has 0 aromatic heterocycles. The standard InChI is InChI=1S/C13H24O7/c1-3-13(15)20-11-12(14)10-19-9-8-18-7-6-17-5-4-16-2/h3,12,14H,1,4-11H2,2H3. The molecule has 0 spiro atoms. The maximum absolute atomic E-state index is 10.7. The molecule has 1 N–H and O–H groups in total. The second-order valence-corrected chi connectivity index (χ2v) is 3.78. The molecule has 0 aliphatic rings. The van der Waals surface area contributed by atoms with Gasteiger partial charge in [-0.15, -0.1) is 0 Å². The van der Waals surface area contributed by atoms with E-state index in [1.165, 1.54) is 0 Å². The van der Waals surface area contributed by atoms with Crippen LogP contribution in [0, 0.1) is 0 Å². The molecule has 1 atom stereocenters. The van der Waals surface area contributed by atoms with Crippen molar-refractivity contribution in [3.63, 3.8) is 0 Å². The van der Waals surface area contributed by atoms with E-state index < -0.39 is 12.1 Å². The topological polar surface area (TPSA) is 83.5 Å². The van der Waals surface area contributed by atoms with Gasteiger partial charge in [-0.1, -0.05) is 6.58 Å². The Bertz CT molecular complexity index is 245. The number of carbonyl (C=O) groups is 1. The Labute approximate surface area is 119 Å². The number of aliphatic hydroxyl groups is 1. The normalized spacial score (nSPS) is 12.1. The Morgan fingerprint density at radius 1 is 1.05 bits per heavy atom. The van der Waals surface area contributed by atoms with Crippen LogP contribution in [0.2, 0.25) is 0 Å². The fourth-order valence-electron chi connectivity index (χ4n) is 1.09. The summed E-state index contributed by atoms with van der Waals surface area (Å²) in [6.07, 6.45) is 0.187. The molecule has 0 rings (SSSR count). The van der Waals surface area contributed by atoms with E-state index in [2.05, 4.69) is 11.3 Å². The van der Waals surface area contributed by atoms with E-state index in [4.69, 9.17) is 18.9 Å². The first-order chi connectivity index (χ1) is 9.70. The van der Waals surface area contributed by atoms with E-state index in [9.17, 15) is 9.90 Å². The largest absolute Gasteiger partial charge is 0.460 e. The highest BCUT2D eigenvalue weighted by Gasteiger charge is 2.06. The van der Waals surface area contributed by atoms with Crippen LogP contribution in [-0.2, 0) is 28.5 Å². The number of aliphatic hydroxyl groups excluding tert-OH is 1. The van der Waals surface area contributed by atoms with E-state index >= 15 is 0 Å². The van der Waals surface area contributed by atoms with Gasteiger partial charge in [-0.25, -0.2) is 4.79 Å². The Hall–Kier alpha value is -0.990. The van der Waals surface area contributed by atoms with Crippen LogP contribution in [0.1, 0.15) is 0 Å². The maximum Gasteiger partial charge on any atom is 0.330 e. The Balaban J connectivity index is 3.19.